The van der Waals surface area contributed by atoms with E-state index in [1.807, 2.05) is 36.5 Å². The second-order valence-corrected chi connectivity index (χ2v) is 5.94. The van der Waals surface area contributed by atoms with E-state index < -0.39 is 0 Å². The monoisotopic (exact) mass is 322 g/mol. The summed E-state index contributed by atoms with van der Waals surface area (Å²) in [6.07, 6.45) is 3.63. The number of hydrogen-bond donors (Lipinski definition) is 1. The van der Waals surface area contributed by atoms with Gasteiger partial charge in [-0.25, -0.2) is 4.98 Å². The molecule has 1 N–H and O–H groups in total. The highest BCUT2D eigenvalue weighted by atomic mass is 15.1. The van der Waals surface area contributed by atoms with Crippen LogP contribution in [-0.4, -0.2) is 20.2 Å². The summed E-state index contributed by atoms with van der Waals surface area (Å²) in [6.45, 7) is 0. The second kappa shape index (κ2) is 5.53. The molecule has 5 aromatic rings. The van der Waals surface area contributed by atoms with Crippen LogP contribution in [0.15, 0.2) is 79.1 Å². The number of rotatable bonds is 2. The zero-order valence-electron chi connectivity index (χ0n) is 13.3. The van der Waals surface area contributed by atoms with E-state index in [1.54, 1.807) is 6.20 Å². The molecule has 0 saturated heterocycles. The topological polar surface area (TPSA) is 54.5 Å². The number of para-hydroxylation sites is 1. The van der Waals surface area contributed by atoms with E-state index in [2.05, 4.69) is 51.6 Å². The number of hydrogen-bond acceptors (Lipinski definition) is 3. The fraction of sp³-hybridized carbons (Fsp3) is 0. The van der Waals surface area contributed by atoms with Gasteiger partial charge in [0.15, 0.2) is 5.65 Å². The van der Waals surface area contributed by atoms with Crippen LogP contribution >= 0.6 is 0 Å². The molecule has 4 heteroatoms. The summed E-state index contributed by atoms with van der Waals surface area (Å²) in [5.74, 6) is 0. The number of aromatic nitrogens is 4. The van der Waals surface area contributed by atoms with Crippen molar-refractivity contribution in [2.75, 3.05) is 0 Å². The van der Waals surface area contributed by atoms with Crippen LogP contribution in [0.3, 0.4) is 0 Å². The first-order chi connectivity index (χ1) is 12.4. The van der Waals surface area contributed by atoms with Crippen molar-refractivity contribution < 1.29 is 0 Å². The molecular weight excluding hydrogens is 308 g/mol. The molecule has 0 aliphatic carbocycles. The van der Waals surface area contributed by atoms with Crippen LogP contribution in [0.1, 0.15) is 0 Å². The van der Waals surface area contributed by atoms with Gasteiger partial charge in [0.25, 0.3) is 0 Å². The van der Waals surface area contributed by atoms with Crippen LogP contribution in [0.4, 0.5) is 0 Å². The smallest absolute Gasteiger partial charge is 0.155 e. The maximum absolute atomic E-state index is 4.87. The van der Waals surface area contributed by atoms with Gasteiger partial charge in [0.05, 0.1) is 17.4 Å². The van der Waals surface area contributed by atoms with E-state index in [4.69, 9.17) is 4.98 Å². The minimum absolute atomic E-state index is 0.780. The summed E-state index contributed by atoms with van der Waals surface area (Å²) in [5.41, 5.74) is 5.87. The van der Waals surface area contributed by atoms with Gasteiger partial charge < -0.3 is 0 Å². The lowest BCUT2D eigenvalue weighted by molar-refractivity contribution is 1.10. The molecular formula is C21H14N4. The zero-order valence-corrected chi connectivity index (χ0v) is 13.3. The molecule has 3 heterocycles. The molecule has 4 nitrogen and oxygen atoms in total. The molecule has 2 aromatic carbocycles. The van der Waals surface area contributed by atoms with Crippen molar-refractivity contribution in [3.63, 3.8) is 0 Å². The second-order valence-electron chi connectivity index (χ2n) is 5.94. The number of pyridine rings is 2. The van der Waals surface area contributed by atoms with Crippen LogP contribution in [0.5, 0.6) is 0 Å². The van der Waals surface area contributed by atoms with Gasteiger partial charge in [0.1, 0.15) is 0 Å². The van der Waals surface area contributed by atoms with Crippen molar-refractivity contribution in [3.05, 3.63) is 79.1 Å². The third-order valence-electron chi connectivity index (χ3n) is 4.40. The van der Waals surface area contributed by atoms with Crippen LogP contribution in [-0.2, 0) is 0 Å². The number of nitrogens with zero attached hydrogens (tertiary/aromatic N) is 3. The van der Waals surface area contributed by atoms with Gasteiger partial charge in [-0.05, 0) is 17.7 Å². The summed E-state index contributed by atoms with van der Waals surface area (Å²) in [4.78, 5) is 9.47. The van der Waals surface area contributed by atoms with Crippen LogP contribution in [0, 0.1) is 0 Å². The molecule has 0 aliphatic rings. The molecule has 0 unspecified atom stereocenters. The van der Waals surface area contributed by atoms with E-state index in [1.165, 1.54) is 0 Å². The zero-order chi connectivity index (χ0) is 16.6. The lowest BCUT2D eigenvalue weighted by Gasteiger charge is -2.11. The Morgan fingerprint density at radius 2 is 1.64 bits per heavy atom. The molecule has 0 atom stereocenters. The normalized spacial score (nSPS) is 11.2. The predicted octanol–water partition coefficient (Wildman–Crippen LogP) is 4.84. The Kier molecular flexibility index (Phi) is 3.07. The van der Waals surface area contributed by atoms with E-state index in [9.17, 15) is 0 Å². The maximum Gasteiger partial charge on any atom is 0.155 e. The third kappa shape index (κ3) is 2.27. The van der Waals surface area contributed by atoms with Crippen molar-refractivity contribution in [3.8, 4) is 22.4 Å². The third-order valence-corrected chi connectivity index (χ3v) is 4.40. The van der Waals surface area contributed by atoms with Gasteiger partial charge in [-0.3, -0.25) is 10.1 Å². The number of nitrogens with one attached hydrogen (secondary N) is 1. The predicted molar refractivity (Wildman–Crippen MR) is 100 cm³/mol. The Morgan fingerprint density at radius 1 is 0.760 bits per heavy atom. The van der Waals surface area contributed by atoms with Crippen LogP contribution in [0.2, 0.25) is 0 Å². The summed E-state index contributed by atoms with van der Waals surface area (Å²) in [7, 11) is 0. The summed E-state index contributed by atoms with van der Waals surface area (Å²) in [6, 6.07) is 22.7. The molecule has 0 aliphatic heterocycles. The molecule has 0 fully saturated rings. The number of aromatic amines is 1. The molecule has 0 amide bonds. The molecule has 5 rings (SSSR count). The van der Waals surface area contributed by atoms with Crippen molar-refractivity contribution in [2.45, 2.75) is 0 Å². The fourth-order valence-corrected chi connectivity index (χ4v) is 3.22. The summed E-state index contributed by atoms with van der Waals surface area (Å²) >= 11 is 0. The van der Waals surface area contributed by atoms with Gasteiger partial charge in [-0.1, -0.05) is 54.6 Å². The minimum atomic E-state index is 0.780. The van der Waals surface area contributed by atoms with Gasteiger partial charge >= 0.3 is 0 Å². The van der Waals surface area contributed by atoms with Gasteiger partial charge in [-0.2, -0.15) is 5.10 Å². The molecule has 0 saturated carbocycles. The Bertz CT molecular complexity index is 1190. The van der Waals surface area contributed by atoms with Crippen LogP contribution in [0.25, 0.3) is 44.3 Å². The quantitative estimate of drug-likeness (QED) is 0.506. The Hall–Kier alpha value is -3.53. The molecule has 0 bridgehead atoms. The highest BCUT2D eigenvalue weighted by Gasteiger charge is 2.15. The SMILES string of the molecule is c1ccc(-c2cc3cn[nH]c3nc2-c2cccc3cccnc23)cc1. The molecule has 25 heavy (non-hydrogen) atoms. The molecule has 0 spiro atoms. The van der Waals surface area contributed by atoms with Crippen LogP contribution < -0.4 is 0 Å². The molecule has 118 valence electrons. The lowest BCUT2D eigenvalue weighted by Crippen LogP contribution is -1.93. The number of fused-ring (bicyclic) bond motifs is 2. The highest BCUT2D eigenvalue weighted by molar-refractivity contribution is 5.99. The average Bonchev–Trinajstić information content (AvgIpc) is 3.15. The summed E-state index contributed by atoms with van der Waals surface area (Å²) < 4.78 is 0. The molecule has 0 radical (unpaired) electrons. The van der Waals surface area contributed by atoms with Crippen molar-refractivity contribution in [1.29, 1.82) is 0 Å². The fourth-order valence-electron chi connectivity index (χ4n) is 3.22. The van der Waals surface area contributed by atoms with Crippen molar-refractivity contribution in [1.82, 2.24) is 20.2 Å². The van der Waals surface area contributed by atoms with Gasteiger partial charge in [0, 0.05) is 28.1 Å². The molecule has 3 aromatic heterocycles. The Balaban J connectivity index is 1.88. The minimum Gasteiger partial charge on any atom is -0.261 e. The standard InChI is InChI=1S/C21H14N4/c1-2-6-14(7-3-1)18-12-16-13-23-25-21(16)24-20(18)17-10-4-8-15-9-5-11-22-19(15)17/h1-13H,(H,23,24,25). The van der Waals surface area contributed by atoms with E-state index >= 15 is 0 Å². The van der Waals surface area contributed by atoms with E-state index in [0.29, 0.717) is 0 Å². The highest BCUT2D eigenvalue weighted by Crippen LogP contribution is 2.35. The summed E-state index contributed by atoms with van der Waals surface area (Å²) in [5, 5.41) is 9.20. The largest absolute Gasteiger partial charge is 0.261 e. The average molecular weight is 322 g/mol. The van der Waals surface area contributed by atoms with Crippen molar-refractivity contribution in [2.24, 2.45) is 0 Å². The Labute approximate surface area is 144 Å². The lowest BCUT2D eigenvalue weighted by atomic mass is 9.97. The van der Waals surface area contributed by atoms with E-state index in [-0.39, 0.29) is 0 Å². The van der Waals surface area contributed by atoms with Crippen molar-refractivity contribution >= 4 is 21.9 Å². The first-order valence-electron chi connectivity index (χ1n) is 8.14. The number of benzene rings is 2. The first kappa shape index (κ1) is 13.9. The van der Waals surface area contributed by atoms with Gasteiger partial charge in [-0.15, -0.1) is 0 Å². The Morgan fingerprint density at radius 3 is 2.56 bits per heavy atom. The van der Waals surface area contributed by atoms with E-state index in [0.717, 1.165) is 44.3 Å². The number of H-pyrrole nitrogens is 1. The maximum atomic E-state index is 4.87. The van der Waals surface area contributed by atoms with Gasteiger partial charge in [0.2, 0.25) is 0 Å². The first-order valence-corrected chi connectivity index (χ1v) is 8.14.